The molecule has 6 heteroatoms. The first-order chi connectivity index (χ1) is 10.6. The largest absolute Gasteiger partial charge is 0.342 e. The fraction of sp³-hybridized carbons (Fsp3) is 0.588. The van der Waals surface area contributed by atoms with Crippen molar-refractivity contribution in [2.45, 2.75) is 25.2 Å². The van der Waals surface area contributed by atoms with Crippen LogP contribution in [0.3, 0.4) is 0 Å². The minimum absolute atomic E-state index is 0. The Hall–Kier alpha value is -1.20. The minimum atomic E-state index is -0.573. The van der Waals surface area contributed by atoms with E-state index in [1.807, 2.05) is 11.9 Å². The molecule has 1 saturated heterocycles. The lowest BCUT2D eigenvalue weighted by molar-refractivity contribution is -0.134. The van der Waals surface area contributed by atoms with Crippen molar-refractivity contribution in [2.75, 3.05) is 26.7 Å². The molecule has 2 fully saturated rings. The van der Waals surface area contributed by atoms with Gasteiger partial charge in [0.1, 0.15) is 11.6 Å². The monoisotopic (exact) mass is 344 g/mol. The Morgan fingerprint density at radius 3 is 2.61 bits per heavy atom. The lowest BCUT2D eigenvalue weighted by Gasteiger charge is -2.32. The number of hydrogen-bond acceptors (Lipinski definition) is 2. The highest BCUT2D eigenvalue weighted by atomic mass is 35.5. The van der Waals surface area contributed by atoms with Crippen LogP contribution in [0, 0.1) is 23.5 Å². The normalized spacial score (nSPS) is 24.2. The maximum absolute atomic E-state index is 13.8. The topological polar surface area (TPSA) is 32.3 Å². The Kier molecular flexibility index (Phi) is 5.98. The third-order valence-corrected chi connectivity index (χ3v) is 4.89. The van der Waals surface area contributed by atoms with Crippen molar-refractivity contribution in [3.8, 4) is 0 Å². The number of nitrogens with zero attached hydrogens (tertiary/aromatic N) is 1. The molecule has 2 atom stereocenters. The summed E-state index contributed by atoms with van der Waals surface area (Å²) in [7, 11) is 1.95. The number of piperidine rings is 1. The van der Waals surface area contributed by atoms with E-state index in [0.29, 0.717) is 17.9 Å². The third kappa shape index (κ3) is 4.01. The van der Waals surface area contributed by atoms with Crippen LogP contribution in [0.25, 0.3) is 0 Å². The van der Waals surface area contributed by atoms with Crippen LogP contribution in [0.5, 0.6) is 0 Å². The van der Waals surface area contributed by atoms with E-state index < -0.39 is 11.6 Å². The van der Waals surface area contributed by atoms with Crippen LogP contribution < -0.4 is 5.32 Å². The predicted octanol–water partition coefficient (Wildman–Crippen LogP) is 2.95. The molecule has 0 spiro atoms. The maximum Gasteiger partial charge on any atom is 0.226 e. The van der Waals surface area contributed by atoms with Gasteiger partial charge in [0.2, 0.25) is 5.91 Å². The van der Waals surface area contributed by atoms with E-state index in [1.165, 1.54) is 12.1 Å². The van der Waals surface area contributed by atoms with Crippen LogP contribution in [0.15, 0.2) is 18.2 Å². The molecule has 2 aliphatic rings. The van der Waals surface area contributed by atoms with E-state index in [-0.39, 0.29) is 30.2 Å². The number of nitrogens with one attached hydrogen (secondary N) is 1. The predicted molar refractivity (Wildman–Crippen MR) is 87.7 cm³/mol. The van der Waals surface area contributed by atoms with Crippen LogP contribution >= 0.6 is 12.4 Å². The second kappa shape index (κ2) is 7.58. The molecule has 0 aromatic heterocycles. The van der Waals surface area contributed by atoms with Crippen LogP contribution in [0.4, 0.5) is 8.78 Å². The molecule has 1 heterocycles. The number of rotatable bonds is 4. The summed E-state index contributed by atoms with van der Waals surface area (Å²) in [5.41, 5.74) is 0.477. The number of carbonyl (C=O) groups excluding carboxylic acids is 1. The summed E-state index contributed by atoms with van der Waals surface area (Å²) in [4.78, 5) is 14.4. The Balaban J connectivity index is 0.00000192. The van der Waals surface area contributed by atoms with Gasteiger partial charge in [-0.2, -0.15) is 0 Å². The van der Waals surface area contributed by atoms with Gasteiger partial charge >= 0.3 is 0 Å². The van der Waals surface area contributed by atoms with Crippen molar-refractivity contribution in [3.05, 3.63) is 35.4 Å². The van der Waals surface area contributed by atoms with Gasteiger partial charge in [-0.25, -0.2) is 8.78 Å². The molecule has 1 N–H and O–H groups in total. The molecule has 128 valence electrons. The number of likely N-dealkylation sites (tertiary alicyclic amines) is 1. The molecule has 2 unspecified atom stereocenters. The average molecular weight is 345 g/mol. The molecular weight excluding hydrogens is 322 g/mol. The van der Waals surface area contributed by atoms with Crippen molar-refractivity contribution in [1.82, 2.24) is 10.2 Å². The lowest BCUT2D eigenvalue weighted by Crippen LogP contribution is -2.41. The Labute approximate surface area is 141 Å². The number of carbonyl (C=O) groups is 1. The highest BCUT2D eigenvalue weighted by molar-refractivity contribution is 5.85. The Bertz CT molecular complexity index is 562. The summed E-state index contributed by atoms with van der Waals surface area (Å²) in [6, 6.07) is 3.64. The van der Waals surface area contributed by atoms with Crippen molar-refractivity contribution in [3.63, 3.8) is 0 Å². The van der Waals surface area contributed by atoms with Gasteiger partial charge in [-0.1, -0.05) is 6.07 Å². The number of amides is 1. The molecule has 1 aliphatic carbocycles. The zero-order valence-electron chi connectivity index (χ0n) is 13.2. The van der Waals surface area contributed by atoms with E-state index in [1.54, 1.807) is 0 Å². The first-order valence-corrected chi connectivity index (χ1v) is 7.98. The van der Waals surface area contributed by atoms with E-state index in [0.717, 1.165) is 38.5 Å². The summed E-state index contributed by atoms with van der Waals surface area (Å²) in [5.74, 6) is -0.538. The van der Waals surface area contributed by atoms with Gasteiger partial charge in [0.05, 0.1) is 0 Å². The smallest absolute Gasteiger partial charge is 0.226 e. The van der Waals surface area contributed by atoms with E-state index >= 15 is 0 Å². The highest BCUT2D eigenvalue weighted by Crippen LogP contribution is 2.49. The second-order valence-electron chi connectivity index (χ2n) is 6.44. The molecule has 0 radical (unpaired) electrons. The van der Waals surface area contributed by atoms with Gasteiger partial charge in [-0.05, 0) is 56.3 Å². The summed E-state index contributed by atoms with van der Waals surface area (Å²) in [6.07, 6.45) is 2.72. The average Bonchev–Trinajstić information content (AvgIpc) is 3.28. The fourth-order valence-electron chi connectivity index (χ4n) is 3.49. The number of benzene rings is 1. The summed E-state index contributed by atoms with van der Waals surface area (Å²) in [5, 5.41) is 3.18. The van der Waals surface area contributed by atoms with Crippen LogP contribution in [0.1, 0.15) is 30.7 Å². The number of hydrogen-bond donors (Lipinski definition) is 1. The third-order valence-electron chi connectivity index (χ3n) is 4.89. The lowest BCUT2D eigenvalue weighted by atomic mass is 9.96. The van der Waals surface area contributed by atoms with Crippen LogP contribution in [-0.4, -0.2) is 37.5 Å². The van der Waals surface area contributed by atoms with E-state index in [2.05, 4.69) is 5.32 Å². The molecule has 3 nitrogen and oxygen atoms in total. The maximum atomic E-state index is 13.8. The molecule has 0 bridgehead atoms. The second-order valence-corrected chi connectivity index (χ2v) is 6.44. The van der Waals surface area contributed by atoms with Gasteiger partial charge in [0, 0.05) is 25.1 Å². The zero-order chi connectivity index (χ0) is 15.7. The van der Waals surface area contributed by atoms with Gasteiger partial charge in [0.15, 0.2) is 0 Å². The molecule has 1 aromatic rings. The molecule has 1 saturated carbocycles. The van der Waals surface area contributed by atoms with E-state index in [4.69, 9.17) is 0 Å². The van der Waals surface area contributed by atoms with Gasteiger partial charge in [-0.3, -0.25) is 4.79 Å². The van der Waals surface area contributed by atoms with Crippen molar-refractivity contribution in [2.24, 2.45) is 11.8 Å². The van der Waals surface area contributed by atoms with E-state index in [9.17, 15) is 13.6 Å². The van der Waals surface area contributed by atoms with Crippen molar-refractivity contribution >= 4 is 18.3 Å². The van der Waals surface area contributed by atoms with Crippen LogP contribution in [0.2, 0.25) is 0 Å². The fourth-order valence-corrected chi connectivity index (χ4v) is 3.49. The summed E-state index contributed by atoms with van der Waals surface area (Å²) >= 11 is 0. The van der Waals surface area contributed by atoms with Gasteiger partial charge < -0.3 is 10.2 Å². The van der Waals surface area contributed by atoms with Gasteiger partial charge in [0.25, 0.3) is 0 Å². The van der Waals surface area contributed by atoms with Gasteiger partial charge in [-0.15, -0.1) is 12.4 Å². The first kappa shape index (κ1) is 18.1. The Morgan fingerprint density at radius 2 is 2.00 bits per heavy atom. The standard InChI is InChI=1S/C17H22F2N2O.ClH/c1-20-10-11-4-6-21(7-5-11)17(22)15-9-14(15)13-3-2-12(18)8-16(13)19;/h2-3,8,11,14-15,20H,4-7,9-10H2,1H3;1H. The molecule has 1 amide bonds. The minimum Gasteiger partial charge on any atom is -0.342 e. The molecule has 3 rings (SSSR count). The SMILES string of the molecule is CNCC1CCN(C(=O)C2CC2c2ccc(F)cc2F)CC1.Cl. The zero-order valence-corrected chi connectivity index (χ0v) is 14.0. The summed E-state index contributed by atoms with van der Waals surface area (Å²) < 4.78 is 26.7. The first-order valence-electron chi connectivity index (χ1n) is 7.98. The molecule has 1 aromatic carbocycles. The quantitative estimate of drug-likeness (QED) is 0.910. The Morgan fingerprint density at radius 1 is 1.30 bits per heavy atom. The highest BCUT2D eigenvalue weighted by Gasteiger charge is 2.47. The van der Waals surface area contributed by atoms with Crippen molar-refractivity contribution in [1.29, 1.82) is 0 Å². The van der Waals surface area contributed by atoms with Crippen LogP contribution in [-0.2, 0) is 4.79 Å². The van der Waals surface area contributed by atoms with Crippen molar-refractivity contribution < 1.29 is 13.6 Å². The molecule has 1 aliphatic heterocycles. The number of halogens is 3. The molecule has 23 heavy (non-hydrogen) atoms. The molecular formula is C17H23ClF2N2O. The summed E-state index contributed by atoms with van der Waals surface area (Å²) in [6.45, 7) is 2.58.